The second-order valence-electron chi connectivity index (χ2n) is 7.12. The summed E-state index contributed by atoms with van der Waals surface area (Å²) in [7, 11) is 0. The quantitative estimate of drug-likeness (QED) is 0.711. The molecule has 1 aliphatic rings. The van der Waals surface area contributed by atoms with Gasteiger partial charge < -0.3 is 15.4 Å². The van der Waals surface area contributed by atoms with Crippen molar-refractivity contribution < 1.29 is 32.3 Å². The number of alkyl halides is 3. The van der Waals surface area contributed by atoms with Gasteiger partial charge in [-0.2, -0.15) is 13.2 Å². The van der Waals surface area contributed by atoms with Crippen molar-refractivity contribution in [2.24, 2.45) is 17.6 Å². The highest BCUT2D eigenvalue weighted by molar-refractivity contribution is 5.96. The molecule has 2 heterocycles. The third-order valence-corrected chi connectivity index (χ3v) is 4.58. The summed E-state index contributed by atoms with van der Waals surface area (Å²) in [4.78, 5) is 40.9. The van der Waals surface area contributed by atoms with Gasteiger partial charge in [-0.3, -0.25) is 14.9 Å². The molecule has 0 saturated carbocycles. The molecule has 8 nitrogen and oxygen atoms in total. The Morgan fingerprint density at radius 1 is 1.24 bits per heavy atom. The number of urea groups is 1. The smallest absolute Gasteiger partial charge is 0.417 e. The molecule has 1 aromatic heterocycles. The number of ether oxygens (including phenoxy) is 1. The first-order valence-electron chi connectivity index (χ1n) is 9.08. The van der Waals surface area contributed by atoms with Crippen molar-refractivity contribution in [3.63, 3.8) is 0 Å². The number of primary amides is 1. The number of amides is 3. The number of imide groups is 1. The van der Waals surface area contributed by atoms with Gasteiger partial charge in [0.1, 0.15) is 5.82 Å². The molecule has 160 valence electrons. The molecular formula is C18H23F3N4O4. The fraction of sp³-hybridized carbons (Fsp3) is 0.556. The minimum absolute atomic E-state index is 0.366. The zero-order valence-electron chi connectivity index (χ0n) is 16.0. The molecule has 1 aromatic rings. The first-order chi connectivity index (χ1) is 13.5. The number of rotatable bonds is 5. The van der Waals surface area contributed by atoms with Crippen LogP contribution in [-0.2, 0) is 20.5 Å². The zero-order valence-corrected chi connectivity index (χ0v) is 16.0. The molecule has 0 spiro atoms. The molecule has 11 heteroatoms. The predicted molar refractivity (Wildman–Crippen MR) is 96.6 cm³/mol. The summed E-state index contributed by atoms with van der Waals surface area (Å²) in [6.07, 6.45) is -4.03. The molecule has 29 heavy (non-hydrogen) atoms. The molecule has 1 aliphatic heterocycles. The number of hydrogen-bond acceptors (Lipinski definition) is 6. The van der Waals surface area contributed by atoms with Gasteiger partial charge in [-0.15, -0.1) is 0 Å². The first-order valence-corrected chi connectivity index (χ1v) is 9.08. The van der Waals surface area contributed by atoms with E-state index >= 15 is 0 Å². The number of nitrogens with one attached hydrogen (secondary N) is 1. The van der Waals surface area contributed by atoms with Crippen LogP contribution >= 0.6 is 0 Å². The number of hydrogen-bond donors (Lipinski definition) is 2. The molecule has 0 radical (unpaired) electrons. The predicted octanol–water partition coefficient (Wildman–Crippen LogP) is 2.08. The third-order valence-electron chi connectivity index (χ3n) is 4.58. The van der Waals surface area contributed by atoms with Crippen LogP contribution < -0.4 is 16.0 Å². The number of nitrogens with zero attached hydrogens (tertiary/aromatic N) is 2. The van der Waals surface area contributed by atoms with E-state index in [0.717, 1.165) is 12.3 Å². The van der Waals surface area contributed by atoms with Crippen molar-refractivity contribution in [1.29, 1.82) is 0 Å². The number of esters is 1. The Bertz CT molecular complexity index is 744. The second-order valence-corrected chi connectivity index (χ2v) is 7.12. The molecule has 0 bridgehead atoms. The normalized spacial score (nSPS) is 16.4. The van der Waals surface area contributed by atoms with Gasteiger partial charge in [0, 0.05) is 19.3 Å². The number of nitrogens with two attached hydrogens (primary N) is 1. The zero-order chi connectivity index (χ0) is 21.8. The summed E-state index contributed by atoms with van der Waals surface area (Å²) in [6, 6.07) is 1.23. The Kier molecular flexibility index (Phi) is 7.04. The first kappa shape index (κ1) is 22.4. The lowest BCUT2D eigenvalue weighted by atomic mass is 9.96. The molecular weight excluding hydrogens is 393 g/mol. The summed E-state index contributed by atoms with van der Waals surface area (Å²) in [5, 5.41) is 1.90. The highest BCUT2D eigenvalue weighted by atomic mass is 19.4. The standard InChI is InChI=1S/C18H23F3N4O4/c1-10(2)14(15(26)24-17(22)28)29-16(27)11-5-7-25(8-6-11)13-4-3-12(9-23-13)18(19,20)21/h3-4,9-11,14H,5-8H2,1-2H3,(H3,22,24,26,28)/t14-/m0/s1. The number of piperidine rings is 1. The van der Waals surface area contributed by atoms with Crippen molar-refractivity contribution >= 4 is 23.7 Å². The Balaban J connectivity index is 1.93. The Hall–Kier alpha value is -2.85. The van der Waals surface area contributed by atoms with Crippen LogP contribution in [0.25, 0.3) is 0 Å². The lowest BCUT2D eigenvalue weighted by Crippen LogP contribution is -2.47. The number of halogens is 3. The molecule has 1 fully saturated rings. The van der Waals surface area contributed by atoms with E-state index in [2.05, 4.69) is 4.98 Å². The average molecular weight is 416 g/mol. The Labute approximate surface area is 165 Å². The second kappa shape index (κ2) is 9.10. The van der Waals surface area contributed by atoms with Crippen molar-refractivity contribution in [1.82, 2.24) is 10.3 Å². The van der Waals surface area contributed by atoms with Gasteiger partial charge in [0.05, 0.1) is 11.5 Å². The molecule has 2 rings (SSSR count). The van der Waals surface area contributed by atoms with E-state index < -0.39 is 41.7 Å². The number of carbonyl (C=O) groups excluding carboxylic acids is 3. The molecule has 0 aliphatic carbocycles. The van der Waals surface area contributed by atoms with Crippen LogP contribution in [0.3, 0.4) is 0 Å². The molecule has 1 saturated heterocycles. The van der Waals surface area contributed by atoms with Gasteiger partial charge >= 0.3 is 18.2 Å². The SMILES string of the molecule is CC(C)[C@H](OC(=O)C1CCN(c2ccc(C(F)(F)F)cn2)CC1)C(=O)NC(N)=O. The summed E-state index contributed by atoms with van der Waals surface area (Å²) >= 11 is 0. The topological polar surface area (TPSA) is 115 Å². The number of anilines is 1. The number of aromatic nitrogens is 1. The van der Waals surface area contributed by atoms with E-state index in [0.29, 0.717) is 31.7 Å². The Morgan fingerprint density at radius 3 is 2.31 bits per heavy atom. The summed E-state index contributed by atoms with van der Waals surface area (Å²) in [5.41, 5.74) is 4.10. The maximum atomic E-state index is 12.6. The van der Waals surface area contributed by atoms with Gasteiger partial charge in [0.2, 0.25) is 0 Å². The maximum Gasteiger partial charge on any atom is 0.417 e. The van der Waals surface area contributed by atoms with Crippen LogP contribution in [0.5, 0.6) is 0 Å². The van der Waals surface area contributed by atoms with Crippen LogP contribution in [0, 0.1) is 11.8 Å². The van der Waals surface area contributed by atoms with E-state index in [1.165, 1.54) is 6.07 Å². The molecule has 0 aromatic carbocycles. The fourth-order valence-electron chi connectivity index (χ4n) is 2.99. The maximum absolute atomic E-state index is 12.6. The third kappa shape index (κ3) is 6.06. The summed E-state index contributed by atoms with van der Waals surface area (Å²) in [5.74, 6) is -1.79. The van der Waals surface area contributed by atoms with Gasteiger partial charge in [0.25, 0.3) is 5.91 Å². The minimum atomic E-state index is -4.45. The van der Waals surface area contributed by atoms with E-state index in [9.17, 15) is 27.6 Å². The molecule has 3 amide bonds. The highest BCUT2D eigenvalue weighted by Gasteiger charge is 2.34. The van der Waals surface area contributed by atoms with Crippen LogP contribution in [0.4, 0.5) is 23.8 Å². The Morgan fingerprint density at radius 2 is 1.86 bits per heavy atom. The van der Waals surface area contributed by atoms with Crippen molar-refractivity contribution in [3.05, 3.63) is 23.9 Å². The van der Waals surface area contributed by atoms with E-state index in [-0.39, 0.29) is 5.92 Å². The lowest BCUT2D eigenvalue weighted by Gasteiger charge is -2.32. The fourth-order valence-corrected chi connectivity index (χ4v) is 2.99. The van der Waals surface area contributed by atoms with Crippen LogP contribution in [-0.4, -0.2) is 42.1 Å². The number of pyridine rings is 1. The van der Waals surface area contributed by atoms with Crippen LogP contribution in [0.15, 0.2) is 18.3 Å². The van der Waals surface area contributed by atoms with Crippen molar-refractivity contribution in [2.45, 2.75) is 39.0 Å². The van der Waals surface area contributed by atoms with Gasteiger partial charge in [0.15, 0.2) is 6.10 Å². The highest BCUT2D eigenvalue weighted by Crippen LogP contribution is 2.30. The van der Waals surface area contributed by atoms with E-state index in [4.69, 9.17) is 10.5 Å². The van der Waals surface area contributed by atoms with Gasteiger partial charge in [-0.25, -0.2) is 9.78 Å². The average Bonchev–Trinajstić information content (AvgIpc) is 2.64. The summed E-state index contributed by atoms with van der Waals surface area (Å²) in [6.45, 7) is 4.13. The van der Waals surface area contributed by atoms with Crippen molar-refractivity contribution in [2.75, 3.05) is 18.0 Å². The molecule has 1 atom stereocenters. The number of carbonyl (C=O) groups is 3. The largest absolute Gasteiger partial charge is 0.452 e. The summed E-state index contributed by atoms with van der Waals surface area (Å²) < 4.78 is 43.2. The van der Waals surface area contributed by atoms with Gasteiger partial charge in [-0.05, 0) is 30.9 Å². The molecule has 3 N–H and O–H groups in total. The van der Waals surface area contributed by atoms with Gasteiger partial charge in [-0.1, -0.05) is 13.8 Å². The van der Waals surface area contributed by atoms with E-state index in [1.807, 2.05) is 5.32 Å². The molecule has 0 unspecified atom stereocenters. The van der Waals surface area contributed by atoms with Crippen molar-refractivity contribution in [3.8, 4) is 0 Å². The lowest BCUT2D eigenvalue weighted by molar-refractivity contribution is -0.162. The van der Waals surface area contributed by atoms with E-state index in [1.54, 1.807) is 18.7 Å². The van der Waals surface area contributed by atoms with Crippen LogP contribution in [0.1, 0.15) is 32.3 Å². The van der Waals surface area contributed by atoms with Crippen LogP contribution in [0.2, 0.25) is 0 Å². The monoisotopic (exact) mass is 416 g/mol. The minimum Gasteiger partial charge on any atom is -0.452 e.